The quantitative estimate of drug-likeness (QED) is 0.381. The second-order valence-electron chi connectivity index (χ2n) is 6.66. The van der Waals surface area contributed by atoms with Crippen molar-refractivity contribution >= 4 is 33.1 Å². The van der Waals surface area contributed by atoms with Crippen LogP contribution in [0.2, 0.25) is 0 Å². The van der Waals surface area contributed by atoms with E-state index in [2.05, 4.69) is 4.98 Å². The number of benzene rings is 3. The van der Waals surface area contributed by atoms with Gasteiger partial charge in [-0.1, -0.05) is 42.5 Å². The molecule has 3 aromatic carbocycles. The monoisotopic (exact) mass is 401 g/mol. The van der Waals surface area contributed by atoms with Gasteiger partial charge in [-0.15, -0.1) is 11.3 Å². The minimum atomic E-state index is -0.621. The van der Waals surface area contributed by atoms with Crippen molar-refractivity contribution in [3.05, 3.63) is 95.0 Å². The summed E-state index contributed by atoms with van der Waals surface area (Å²) in [6.07, 6.45) is 0.0693. The van der Waals surface area contributed by atoms with Gasteiger partial charge in [-0.05, 0) is 36.4 Å². The average Bonchev–Trinajstić information content (AvgIpc) is 3.21. The van der Waals surface area contributed by atoms with Gasteiger partial charge in [-0.25, -0.2) is 4.98 Å². The molecule has 0 aliphatic heterocycles. The van der Waals surface area contributed by atoms with Gasteiger partial charge < -0.3 is 4.74 Å². The fourth-order valence-corrected chi connectivity index (χ4v) is 4.28. The van der Waals surface area contributed by atoms with Crippen molar-refractivity contribution in [2.45, 2.75) is 12.3 Å². The van der Waals surface area contributed by atoms with E-state index in [4.69, 9.17) is 4.74 Å². The lowest BCUT2D eigenvalue weighted by molar-refractivity contribution is 0.0893. The number of nitrogens with zero attached hydrogens (tertiary/aromatic N) is 1. The molecule has 5 heteroatoms. The summed E-state index contributed by atoms with van der Waals surface area (Å²) in [5.41, 5.74) is 1.98. The Labute approximate surface area is 172 Å². The second-order valence-corrected chi connectivity index (χ2v) is 7.72. The van der Waals surface area contributed by atoms with E-state index in [-0.39, 0.29) is 18.0 Å². The van der Waals surface area contributed by atoms with E-state index in [1.165, 1.54) is 11.3 Å². The normalized spacial score (nSPS) is 11.9. The SMILES string of the molecule is COc1ccc(C(=O)CC(C(=O)c2ccccc2)c2nc3ccccc3s2)cc1. The highest BCUT2D eigenvalue weighted by atomic mass is 32.1. The maximum atomic E-state index is 13.3. The Kier molecular flexibility index (Phi) is 5.49. The summed E-state index contributed by atoms with van der Waals surface area (Å²) < 4.78 is 6.16. The van der Waals surface area contributed by atoms with E-state index in [1.54, 1.807) is 43.5 Å². The van der Waals surface area contributed by atoms with Crippen molar-refractivity contribution in [2.75, 3.05) is 7.11 Å². The van der Waals surface area contributed by atoms with Crippen molar-refractivity contribution < 1.29 is 14.3 Å². The number of thiazole rings is 1. The summed E-state index contributed by atoms with van der Waals surface area (Å²) in [5.74, 6) is -0.123. The Morgan fingerprint density at radius 2 is 1.59 bits per heavy atom. The first-order chi connectivity index (χ1) is 14.2. The molecule has 0 saturated carbocycles. The standard InChI is InChI=1S/C24H19NO3S/c1-28-18-13-11-16(12-14-18)21(26)15-19(23(27)17-7-3-2-4-8-17)24-25-20-9-5-6-10-22(20)29-24/h2-14,19H,15H2,1H3. The zero-order chi connectivity index (χ0) is 20.2. The van der Waals surface area contributed by atoms with Crippen LogP contribution in [-0.2, 0) is 0 Å². The number of fused-ring (bicyclic) bond motifs is 1. The third kappa shape index (κ3) is 4.10. The zero-order valence-corrected chi connectivity index (χ0v) is 16.7. The first-order valence-corrected chi connectivity index (χ1v) is 10.1. The molecule has 0 saturated heterocycles. The van der Waals surface area contributed by atoms with Crippen molar-refractivity contribution in [3.63, 3.8) is 0 Å². The fourth-order valence-electron chi connectivity index (χ4n) is 3.21. The molecule has 0 bridgehead atoms. The number of rotatable bonds is 7. The maximum Gasteiger partial charge on any atom is 0.173 e. The highest BCUT2D eigenvalue weighted by molar-refractivity contribution is 7.18. The number of aromatic nitrogens is 1. The molecule has 0 N–H and O–H groups in total. The minimum absolute atomic E-state index is 0.0693. The molecule has 0 amide bonds. The molecule has 4 rings (SSSR count). The van der Waals surface area contributed by atoms with Crippen LogP contribution in [-0.4, -0.2) is 23.7 Å². The van der Waals surface area contributed by atoms with Crippen molar-refractivity contribution in [1.29, 1.82) is 0 Å². The molecular formula is C24H19NO3S. The largest absolute Gasteiger partial charge is 0.497 e. The smallest absolute Gasteiger partial charge is 0.173 e. The van der Waals surface area contributed by atoms with Crippen molar-refractivity contribution in [3.8, 4) is 5.75 Å². The van der Waals surface area contributed by atoms with E-state index in [9.17, 15) is 9.59 Å². The van der Waals surface area contributed by atoms with Crippen LogP contribution < -0.4 is 4.74 Å². The van der Waals surface area contributed by atoms with E-state index in [1.807, 2.05) is 42.5 Å². The van der Waals surface area contributed by atoms with Gasteiger partial charge in [-0.3, -0.25) is 9.59 Å². The second kappa shape index (κ2) is 8.37. The first kappa shape index (κ1) is 19.0. The minimum Gasteiger partial charge on any atom is -0.497 e. The van der Waals surface area contributed by atoms with E-state index < -0.39 is 5.92 Å². The summed E-state index contributed by atoms with van der Waals surface area (Å²) in [6.45, 7) is 0. The highest BCUT2D eigenvalue weighted by Gasteiger charge is 2.28. The molecule has 1 unspecified atom stereocenters. The fraction of sp³-hybridized carbons (Fsp3) is 0.125. The first-order valence-electron chi connectivity index (χ1n) is 9.27. The van der Waals surface area contributed by atoms with Gasteiger partial charge in [0, 0.05) is 17.5 Å². The Morgan fingerprint density at radius 1 is 0.897 bits per heavy atom. The number of ether oxygens (including phenoxy) is 1. The molecule has 0 radical (unpaired) electrons. The lowest BCUT2D eigenvalue weighted by Gasteiger charge is -2.13. The van der Waals surface area contributed by atoms with Gasteiger partial charge in [0.2, 0.25) is 0 Å². The lowest BCUT2D eigenvalue weighted by atomic mass is 9.91. The third-order valence-electron chi connectivity index (χ3n) is 4.78. The number of Topliss-reactive ketones (excluding diaryl/α,β-unsaturated/α-hetero) is 2. The van der Waals surface area contributed by atoms with Crippen LogP contribution >= 0.6 is 11.3 Å². The summed E-state index contributed by atoms with van der Waals surface area (Å²) in [6, 6.07) is 23.8. The zero-order valence-electron chi connectivity index (χ0n) is 15.9. The predicted octanol–water partition coefficient (Wildman–Crippen LogP) is 5.54. The number of methoxy groups -OCH3 is 1. The Bertz CT molecular complexity index is 1120. The molecule has 0 aliphatic rings. The Balaban J connectivity index is 1.69. The molecule has 29 heavy (non-hydrogen) atoms. The average molecular weight is 401 g/mol. The van der Waals surface area contributed by atoms with Crippen LogP contribution in [0.4, 0.5) is 0 Å². The number of hydrogen-bond donors (Lipinski definition) is 0. The molecular weight excluding hydrogens is 382 g/mol. The number of para-hydroxylation sites is 1. The van der Waals surface area contributed by atoms with Crippen LogP contribution in [0.3, 0.4) is 0 Å². The molecule has 0 aliphatic carbocycles. The van der Waals surface area contributed by atoms with Gasteiger partial charge in [-0.2, -0.15) is 0 Å². The van der Waals surface area contributed by atoms with E-state index >= 15 is 0 Å². The molecule has 1 atom stereocenters. The summed E-state index contributed by atoms with van der Waals surface area (Å²) >= 11 is 1.47. The van der Waals surface area contributed by atoms with Gasteiger partial charge in [0.25, 0.3) is 0 Å². The van der Waals surface area contributed by atoms with Gasteiger partial charge in [0.15, 0.2) is 11.6 Å². The molecule has 4 aromatic rings. The molecule has 1 heterocycles. The summed E-state index contributed by atoms with van der Waals surface area (Å²) in [5, 5.41) is 0.668. The predicted molar refractivity (Wildman–Crippen MR) is 115 cm³/mol. The molecule has 1 aromatic heterocycles. The van der Waals surface area contributed by atoms with Crippen LogP contribution in [0.25, 0.3) is 10.2 Å². The Hall–Kier alpha value is -3.31. The van der Waals surface area contributed by atoms with Crippen LogP contribution in [0.5, 0.6) is 5.75 Å². The Morgan fingerprint density at radius 3 is 2.28 bits per heavy atom. The number of ketones is 2. The van der Waals surface area contributed by atoms with Gasteiger partial charge in [0.1, 0.15) is 10.8 Å². The third-order valence-corrected chi connectivity index (χ3v) is 5.93. The highest BCUT2D eigenvalue weighted by Crippen LogP contribution is 2.33. The molecule has 0 fully saturated rings. The summed E-state index contributed by atoms with van der Waals surface area (Å²) in [4.78, 5) is 30.9. The maximum absolute atomic E-state index is 13.3. The van der Waals surface area contributed by atoms with E-state index in [0.29, 0.717) is 21.9 Å². The van der Waals surface area contributed by atoms with E-state index in [0.717, 1.165) is 10.2 Å². The molecule has 144 valence electrons. The van der Waals surface area contributed by atoms with Crippen LogP contribution in [0.15, 0.2) is 78.9 Å². The summed E-state index contributed by atoms with van der Waals surface area (Å²) in [7, 11) is 1.58. The number of carbonyl (C=O) groups excluding carboxylic acids is 2. The lowest BCUT2D eigenvalue weighted by Crippen LogP contribution is -2.17. The topological polar surface area (TPSA) is 56.3 Å². The van der Waals surface area contributed by atoms with Crippen LogP contribution in [0.1, 0.15) is 38.1 Å². The van der Waals surface area contributed by atoms with Crippen molar-refractivity contribution in [1.82, 2.24) is 4.98 Å². The number of carbonyl (C=O) groups is 2. The molecule has 0 spiro atoms. The van der Waals surface area contributed by atoms with Gasteiger partial charge >= 0.3 is 0 Å². The molecule has 4 nitrogen and oxygen atoms in total. The van der Waals surface area contributed by atoms with Crippen LogP contribution in [0, 0.1) is 0 Å². The van der Waals surface area contributed by atoms with Gasteiger partial charge in [0.05, 0.1) is 23.2 Å². The van der Waals surface area contributed by atoms with Crippen molar-refractivity contribution in [2.24, 2.45) is 0 Å². The number of hydrogen-bond acceptors (Lipinski definition) is 5.